The van der Waals surface area contributed by atoms with Gasteiger partial charge in [-0.2, -0.15) is 5.10 Å². The fourth-order valence-electron chi connectivity index (χ4n) is 1.57. The Labute approximate surface area is 127 Å². The van der Waals surface area contributed by atoms with Gasteiger partial charge in [-0.15, -0.1) is 0 Å². The number of amides is 1. The molecule has 1 aromatic carbocycles. The molecule has 0 radical (unpaired) electrons. The van der Waals surface area contributed by atoms with Gasteiger partial charge in [-0.05, 0) is 42.8 Å². The largest absolute Gasteiger partial charge is 0.483 e. The molecule has 0 aliphatic carbocycles. The van der Waals surface area contributed by atoms with Gasteiger partial charge < -0.3 is 4.74 Å². The molecule has 2 rings (SSSR count). The second-order valence-corrected chi connectivity index (χ2v) is 4.68. The lowest BCUT2D eigenvalue weighted by atomic mass is 10.2. The lowest BCUT2D eigenvalue weighted by Crippen LogP contribution is -2.24. The van der Waals surface area contributed by atoms with Gasteiger partial charge >= 0.3 is 0 Å². The van der Waals surface area contributed by atoms with Gasteiger partial charge in [0.1, 0.15) is 5.75 Å². The minimum Gasteiger partial charge on any atom is -0.483 e. The topological polar surface area (TPSA) is 63.6 Å². The lowest BCUT2D eigenvalue weighted by Gasteiger charge is -2.08. The average molecular weight is 304 g/mol. The maximum absolute atomic E-state index is 11.6. The van der Waals surface area contributed by atoms with E-state index in [2.05, 4.69) is 15.5 Å². The normalized spacial score (nSPS) is 10.6. The summed E-state index contributed by atoms with van der Waals surface area (Å²) in [6.45, 7) is 1.74. The monoisotopic (exact) mass is 303 g/mol. The van der Waals surface area contributed by atoms with E-state index < -0.39 is 0 Å². The van der Waals surface area contributed by atoms with Crippen LogP contribution in [-0.2, 0) is 4.79 Å². The quantitative estimate of drug-likeness (QED) is 0.682. The van der Waals surface area contributed by atoms with Crippen LogP contribution >= 0.6 is 11.6 Å². The van der Waals surface area contributed by atoms with Crippen molar-refractivity contribution >= 4 is 23.7 Å². The summed E-state index contributed by atoms with van der Waals surface area (Å²) in [7, 11) is 0. The Kier molecular flexibility index (Phi) is 5.29. The first-order valence-corrected chi connectivity index (χ1v) is 6.65. The summed E-state index contributed by atoms with van der Waals surface area (Å²) in [5.41, 5.74) is 3.90. The molecule has 0 saturated heterocycles. The highest BCUT2D eigenvalue weighted by Crippen LogP contribution is 2.21. The average Bonchev–Trinajstić information content (AvgIpc) is 2.47. The zero-order chi connectivity index (χ0) is 15.1. The number of pyridine rings is 1. The molecule has 0 aliphatic heterocycles. The van der Waals surface area contributed by atoms with Gasteiger partial charge in [-0.3, -0.25) is 9.78 Å². The van der Waals surface area contributed by atoms with Crippen LogP contribution in [0.2, 0.25) is 5.02 Å². The first kappa shape index (κ1) is 15.0. The number of hydrogen-bond acceptors (Lipinski definition) is 4. The van der Waals surface area contributed by atoms with E-state index in [-0.39, 0.29) is 12.5 Å². The van der Waals surface area contributed by atoms with Crippen LogP contribution in [0.1, 0.15) is 11.3 Å². The van der Waals surface area contributed by atoms with E-state index in [1.165, 1.54) is 6.21 Å². The fraction of sp³-hybridized carbons (Fsp3) is 0.133. The predicted molar refractivity (Wildman–Crippen MR) is 81.7 cm³/mol. The number of rotatable bonds is 5. The van der Waals surface area contributed by atoms with Crippen LogP contribution in [0.4, 0.5) is 0 Å². The number of ether oxygens (including phenoxy) is 1. The summed E-state index contributed by atoms with van der Waals surface area (Å²) >= 11 is 5.85. The fourth-order valence-corrected chi connectivity index (χ4v) is 1.80. The summed E-state index contributed by atoms with van der Waals surface area (Å²) in [5.74, 6) is 0.264. The number of benzene rings is 1. The van der Waals surface area contributed by atoms with Gasteiger partial charge in [-0.25, -0.2) is 5.43 Å². The molecule has 1 aromatic heterocycles. The van der Waals surface area contributed by atoms with Gasteiger partial charge in [0.25, 0.3) is 5.91 Å². The third-order valence-electron chi connectivity index (χ3n) is 2.57. The highest BCUT2D eigenvalue weighted by atomic mass is 35.5. The van der Waals surface area contributed by atoms with Crippen molar-refractivity contribution in [3.05, 3.63) is 58.9 Å². The van der Waals surface area contributed by atoms with Gasteiger partial charge in [0.05, 0.1) is 11.9 Å². The third-order valence-corrected chi connectivity index (χ3v) is 2.80. The number of nitrogens with zero attached hydrogens (tertiary/aromatic N) is 2. The van der Waals surface area contributed by atoms with Gasteiger partial charge in [0.2, 0.25) is 0 Å². The van der Waals surface area contributed by atoms with E-state index in [1.807, 2.05) is 13.0 Å². The van der Waals surface area contributed by atoms with Crippen molar-refractivity contribution in [1.29, 1.82) is 0 Å². The Balaban J connectivity index is 1.81. The van der Waals surface area contributed by atoms with E-state index in [0.717, 1.165) is 5.56 Å². The lowest BCUT2D eigenvalue weighted by molar-refractivity contribution is -0.123. The smallest absolute Gasteiger partial charge is 0.277 e. The number of hydrogen-bond donors (Lipinski definition) is 1. The van der Waals surface area contributed by atoms with Crippen molar-refractivity contribution in [2.45, 2.75) is 6.92 Å². The Morgan fingerprint density at radius 1 is 1.43 bits per heavy atom. The Hall–Kier alpha value is -2.40. The molecule has 5 nitrogen and oxygen atoms in total. The van der Waals surface area contributed by atoms with Crippen molar-refractivity contribution in [3.8, 4) is 5.75 Å². The predicted octanol–water partition coefficient (Wildman–Crippen LogP) is 2.57. The van der Waals surface area contributed by atoms with Crippen LogP contribution in [0.25, 0.3) is 0 Å². The third kappa shape index (κ3) is 4.89. The summed E-state index contributed by atoms with van der Waals surface area (Å²) in [5, 5.41) is 4.43. The minimum absolute atomic E-state index is 0.123. The number of hydrazone groups is 1. The highest BCUT2D eigenvalue weighted by molar-refractivity contribution is 6.30. The van der Waals surface area contributed by atoms with E-state index in [4.69, 9.17) is 16.3 Å². The Morgan fingerprint density at radius 3 is 3.00 bits per heavy atom. The molecule has 0 atom stereocenters. The summed E-state index contributed by atoms with van der Waals surface area (Å²) in [4.78, 5) is 15.6. The number of halogens is 1. The molecule has 0 unspecified atom stereocenters. The summed E-state index contributed by atoms with van der Waals surface area (Å²) < 4.78 is 5.40. The van der Waals surface area contributed by atoms with Crippen molar-refractivity contribution in [3.63, 3.8) is 0 Å². The minimum atomic E-state index is -0.350. The van der Waals surface area contributed by atoms with Crippen LogP contribution in [0.3, 0.4) is 0 Å². The molecule has 0 aliphatic rings. The molecular weight excluding hydrogens is 290 g/mol. The zero-order valence-corrected chi connectivity index (χ0v) is 12.2. The van der Waals surface area contributed by atoms with Crippen molar-refractivity contribution in [1.82, 2.24) is 10.4 Å². The van der Waals surface area contributed by atoms with Crippen LogP contribution in [0.15, 0.2) is 47.7 Å². The van der Waals surface area contributed by atoms with E-state index >= 15 is 0 Å². The molecular formula is C15H14ClN3O2. The molecule has 6 heteroatoms. The van der Waals surface area contributed by atoms with Crippen LogP contribution in [-0.4, -0.2) is 23.7 Å². The Morgan fingerprint density at radius 2 is 2.29 bits per heavy atom. The summed E-state index contributed by atoms with van der Waals surface area (Å²) in [6.07, 6.45) is 3.11. The number of carbonyl (C=O) groups excluding carboxylic acids is 1. The van der Waals surface area contributed by atoms with Crippen LogP contribution in [0.5, 0.6) is 5.75 Å². The van der Waals surface area contributed by atoms with Gasteiger partial charge in [0.15, 0.2) is 6.61 Å². The standard InChI is InChI=1S/C15H14ClN3O2/c1-11-8-12(16)5-6-14(11)21-10-15(20)19-18-9-13-4-2-3-7-17-13/h2-9H,10H2,1H3,(H,19,20). The molecule has 0 saturated carbocycles. The van der Waals surface area contributed by atoms with Crippen LogP contribution < -0.4 is 10.2 Å². The molecule has 0 fully saturated rings. The van der Waals surface area contributed by atoms with Gasteiger partial charge in [-0.1, -0.05) is 17.7 Å². The molecule has 21 heavy (non-hydrogen) atoms. The number of carbonyl (C=O) groups is 1. The maximum atomic E-state index is 11.6. The molecule has 1 heterocycles. The molecule has 2 aromatic rings. The zero-order valence-electron chi connectivity index (χ0n) is 11.4. The number of aromatic nitrogens is 1. The van der Waals surface area contributed by atoms with Gasteiger partial charge in [0, 0.05) is 11.2 Å². The first-order chi connectivity index (χ1) is 10.1. The van der Waals surface area contributed by atoms with Crippen LogP contribution in [0, 0.1) is 6.92 Å². The molecule has 0 bridgehead atoms. The van der Waals surface area contributed by atoms with Crippen molar-refractivity contribution in [2.24, 2.45) is 5.10 Å². The van der Waals surface area contributed by atoms with E-state index in [1.54, 1.807) is 36.5 Å². The molecule has 1 amide bonds. The number of nitrogens with one attached hydrogen (secondary N) is 1. The van der Waals surface area contributed by atoms with E-state index in [9.17, 15) is 4.79 Å². The second-order valence-electron chi connectivity index (χ2n) is 4.25. The molecule has 108 valence electrons. The van der Waals surface area contributed by atoms with Crippen molar-refractivity contribution < 1.29 is 9.53 Å². The second kappa shape index (κ2) is 7.40. The van der Waals surface area contributed by atoms with Crippen molar-refractivity contribution in [2.75, 3.05) is 6.61 Å². The SMILES string of the molecule is Cc1cc(Cl)ccc1OCC(=O)NN=Cc1ccccn1. The first-order valence-electron chi connectivity index (χ1n) is 6.27. The number of aryl methyl sites for hydroxylation is 1. The molecule has 0 spiro atoms. The van der Waals surface area contributed by atoms with E-state index in [0.29, 0.717) is 16.5 Å². The Bertz CT molecular complexity index is 645. The molecule has 1 N–H and O–H groups in total. The summed E-state index contributed by atoms with van der Waals surface area (Å²) in [6, 6.07) is 10.6. The maximum Gasteiger partial charge on any atom is 0.277 e. The highest BCUT2D eigenvalue weighted by Gasteiger charge is 2.04.